The molecule has 1 aromatic rings. The van der Waals surface area contributed by atoms with E-state index in [9.17, 15) is 8.78 Å². The zero-order valence-corrected chi connectivity index (χ0v) is 19.3. The Kier molecular flexibility index (Phi) is 7.60. The number of rotatable bonds is 7. The first-order chi connectivity index (χ1) is 16.4. The first kappa shape index (κ1) is 24.3. The van der Waals surface area contributed by atoms with E-state index < -0.39 is 24.7 Å². The smallest absolute Gasteiger partial charge is 0.192 e. The van der Waals surface area contributed by atoms with Gasteiger partial charge in [0, 0.05) is 0 Å². The average Bonchev–Trinajstić information content (AvgIpc) is 2.87. The third-order valence-electron chi connectivity index (χ3n) is 7.00. The Morgan fingerprint density at radius 1 is 0.853 bits per heavy atom. The van der Waals surface area contributed by atoms with Crippen molar-refractivity contribution in [1.29, 1.82) is 0 Å². The van der Waals surface area contributed by atoms with Gasteiger partial charge in [-0.3, -0.25) is 0 Å². The molecule has 0 aromatic heterocycles. The number of benzene rings is 1. The van der Waals surface area contributed by atoms with Crippen LogP contribution in [0.4, 0.5) is 17.6 Å². The summed E-state index contributed by atoms with van der Waals surface area (Å²) in [4.78, 5) is 0. The van der Waals surface area contributed by atoms with Gasteiger partial charge in [0.1, 0.15) is 5.76 Å². The van der Waals surface area contributed by atoms with Crippen LogP contribution in [0.15, 0.2) is 84.2 Å². The SMILES string of the molecule is C=CCCC1CC=C(C2=CC=C(c3ccc(C4=CC=C(OC)C(F)C4F)cc3)C(F)C2F)CC1. The summed E-state index contributed by atoms with van der Waals surface area (Å²) in [6.07, 6.45) is 7.63. The summed E-state index contributed by atoms with van der Waals surface area (Å²) in [5.74, 6) is 0.514. The summed E-state index contributed by atoms with van der Waals surface area (Å²) in [5, 5.41) is 0. The maximum absolute atomic E-state index is 15.2. The monoisotopic (exact) mass is 470 g/mol. The van der Waals surface area contributed by atoms with Crippen LogP contribution in [0, 0.1) is 5.92 Å². The van der Waals surface area contributed by atoms with Crippen LogP contribution in [-0.4, -0.2) is 31.8 Å². The van der Waals surface area contributed by atoms with Gasteiger partial charge in [-0.2, -0.15) is 0 Å². The van der Waals surface area contributed by atoms with Crippen LogP contribution >= 0.6 is 0 Å². The molecule has 0 heterocycles. The highest BCUT2D eigenvalue weighted by Gasteiger charge is 2.35. The molecule has 0 radical (unpaired) electrons. The van der Waals surface area contributed by atoms with Crippen molar-refractivity contribution in [1.82, 2.24) is 0 Å². The summed E-state index contributed by atoms with van der Waals surface area (Å²) in [7, 11) is 1.30. The molecule has 0 saturated carbocycles. The van der Waals surface area contributed by atoms with Crippen LogP contribution in [0.5, 0.6) is 0 Å². The van der Waals surface area contributed by atoms with E-state index in [1.807, 2.05) is 6.08 Å². The quantitative estimate of drug-likeness (QED) is 0.290. The van der Waals surface area contributed by atoms with Gasteiger partial charge in [0.2, 0.25) is 0 Å². The molecule has 5 atom stereocenters. The number of halogens is 4. The normalized spacial score (nSPS) is 29.3. The van der Waals surface area contributed by atoms with E-state index >= 15 is 8.78 Å². The molecular formula is C29H30F4O. The summed E-state index contributed by atoms with van der Waals surface area (Å²) >= 11 is 0. The van der Waals surface area contributed by atoms with Crippen LogP contribution in [0.3, 0.4) is 0 Å². The highest BCUT2D eigenvalue weighted by Crippen LogP contribution is 2.40. The Hall–Kier alpha value is -2.82. The minimum absolute atomic E-state index is 0.0579. The number of alkyl halides is 4. The molecule has 0 N–H and O–H groups in total. The molecule has 5 unspecified atom stereocenters. The van der Waals surface area contributed by atoms with Crippen LogP contribution in [0.1, 0.15) is 43.2 Å². The Morgan fingerprint density at radius 3 is 1.97 bits per heavy atom. The van der Waals surface area contributed by atoms with E-state index in [0.717, 1.165) is 37.7 Å². The maximum atomic E-state index is 15.2. The third-order valence-corrected chi connectivity index (χ3v) is 7.00. The van der Waals surface area contributed by atoms with Gasteiger partial charge >= 0.3 is 0 Å². The van der Waals surface area contributed by atoms with Gasteiger partial charge < -0.3 is 4.74 Å². The van der Waals surface area contributed by atoms with Crippen molar-refractivity contribution in [2.24, 2.45) is 5.92 Å². The highest BCUT2D eigenvalue weighted by atomic mass is 19.2. The van der Waals surface area contributed by atoms with Crippen molar-refractivity contribution in [3.63, 3.8) is 0 Å². The zero-order valence-electron chi connectivity index (χ0n) is 19.3. The second-order valence-corrected chi connectivity index (χ2v) is 9.06. The van der Waals surface area contributed by atoms with Crippen LogP contribution in [0.25, 0.3) is 11.1 Å². The van der Waals surface area contributed by atoms with Gasteiger partial charge in [0.05, 0.1) is 7.11 Å². The molecule has 0 aliphatic heterocycles. The molecule has 5 heteroatoms. The van der Waals surface area contributed by atoms with Crippen molar-refractivity contribution < 1.29 is 22.3 Å². The van der Waals surface area contributed by atoms with E-state index in [2.05, 4.69) is 12.7 Å². The molecule has 1 aromatic carbocycles. The van der Waals surface area contributed by atoms with E-state index in [1.54, 1.807) is 36.4 Å². The fraction of sp³-hybridized carbons (Fsp3) is 0.379. The lowest BCUT2D eigenvalue weighted by molar-refractivity contribution is 0.152. The molecular weight excluding hydrogens is 440 g/mol. The Bertz CT molecular complexity index is 1060. The molecule has 3 aliphatic rings. The van der Waals surface area contributed by atoms with Crippen molar-refractivity contribution >= 4 is 11.1 Å². The predicted molar refractivity (Wildman–Crippen MR) is 130 cm³/mol. The third kappa shape index (κ3) is 4.84. The second kappa shape index (κ2) is 10.6. The molecule has 180 valence electrons. The first-order valence-corrected chi connectivity index (χ1v) is 11.8. The topological polar surface area (TPSA) is 9.23 Å². The summed E-state index contributed by atoms with van der Waals surface area (Å²) in [6.45, 7) is 3.76. The number of ether oxygens (including phenoxy) is 1. The van der Waals surface area contributed by atoms with Crippen molar-refractivity contribution in [2.75, 3.05) is 7.11 Å². The Labute approximate surface area is 198 Å². The fourth-order valence-electron chi connectivity index (χ4n) is 4.93. The standard InChI is InChI=1S/C29H30F4O/c1-3-4-5-18-6-8-19(9-7-18)22-14-15-23(27(31)26(22)30)20-10-12-21(13-11-20)24-16-17-25(34-2)29(33)28(24)32/h3,8,10-18,26-29H,1,4-7,9H2,2H3. The zero-order chi connectivity index (χ0) is 24.2. The lowest BCUT2D eigenvalue weighted by atomic mass is 9.80. The largest absolute Gasteiger partial charge is 0.498 e. The minimum atomic E-state index is -1.87. The van der Waals surface area contributed by atoms with Crippen molar-refractivity contribution in [3.8, 4) is 0 Å². The van der Waals surface area contributed by atoms with Gasteiger partial charge in [0.15, 0.2) is 24.7 Å². The van der Waals surface area contributed by atoms with Crippen LogP contribution < -0.4 is 0 Å². The van der Waals surface area contributed by atoms with Gasteiger partial charge in [-0.25, -0.2) is 17.6 Å². The predicted octanol–water partition coefficient (Wildman–Crippen LogP) is 7.98. The number of hydrogen-bond acceptors (Lipinski definition) is 1. The molecule has 4 rings (SSSR count). The number of allylic oxidation sites excluding steroid dienone is 11. The van der Waals surface area contributed by atoms with Crippen LogP contribution in [0.2, 0.25) is 0 Å². The first-order valence-electron chi connectivity index (χ1n) is 11.8. The van der Waals surface area contributed by atoms with Crippen LogP contribution in [-0.2, 0) is 4.74 Å². The van der Waals surface area contributed by atoms with Crippen molar-refractivity contribution in [3.05, 3.63) is 95.3 Å². The second-order valence-electron chi connectivity index (χ2n) is 9.06. The molecule has 34 heavy (non-hydrogen) atoms. The van der Waals surface area contributed by atoms with Crippen molar-refractivity contribution in [2.45, 2.75) is 56.8 Å². The van der Waals surface area contributed by atoms with E-state index in [4.69, 9.17) is 4.74 Å². The van der Waals surface area contributed by atoms with Gasteiger partial charge in [0.25, 0.3) is 0 Å². The lowest BCUT2D eigenvalue weighted by Gasteiger charge is -2.28. The maximum Gasteiger partial charge on any atom is 0.192 e. The fourth-order valence-corrected chi connectivity index (χ4v) is 4.93. The number of methoxy groups -OCH3 is 1. The lowest BCUT2D eigenvalue weighted by Crippen LogP contribution is -2.26. The molecule has 0 bridgehead atoms. The number of hydrogen-bond donors (Lipinski definition) is 0. The van der Waals surface area contributed by atoms with E-state index in [0.29, 0.717) is 22.6 Å². The highest BCUT2D eigenvalue weighted by molar-refractivity contribution is 5.77. The average molecular weight is 471 g/mol. The molecule has 0 fully saturated rings. The van der Waals surface area contributed by atoms with Gasteiger partial charge in [-0.05, 0) is 77.5 Å². The minimum Gasteiger partial charge on any atom is -0.498 e. The van der Waals surface area contributed by atoms with E-state index in [1.165, 1.54) is 19.3 Å². The van der Waals surface area contributed by atoms with Gasteiger partial charge in [-0.15, -0.1) is 6.58 Å². The summed E-state index contributed by atoms with van der Waals surface area (Å²) in [5.41, 5.74) is 2.78. The molecule has 0 amide bonds. The molecule has 1 nitrogen and oxygen atoms in total. The molecule has 0 saturated heterocycles. The van der Waals surface area contributed by atoms with E-state index in [-0.39, 0.29) is 16.9 Å². The molecule has 0 spiro atoms. The Morgan fingerprint density at radius 2 is 1.41 bits per heavy atom. The summed E-state index contributed by atoms with van der Waals surface area (Å²) < 4.78 is 63.9. The molecule has 3 aliphatic carbocycles. The van der Waals surface area contributed by atoms with Gasteiger partial charge in [-0.1, -0.05) is 54.6 Å². The summed E-state index contributed by atoms with van der Waals surface area (Å²) in [6, 6.07) is 6.47. The Balaban J connectivity index is 1.52.